The van der Waals surface area contributed by atoms with Crippen molar-refractivity contribution in [3.05, 3.63) is 0 Å². The minimum Gasteiger partial charge on any atom is -0.414 e. The van der Waals surface area contributed by atoms with E-state index in [-0.39, 0.29) is 25.0 Å². The van der Waals surface area contributed by atoms with Gasteiger partial charge in [-0.1, -0.05) is 20.8 Å². The van der Waals surface area contributed by atoms with Crippen LogP contribution < -0.4 is 0 Å². The highest BCUT2D eigenvalue weighted by molar-refractivity contribution is 6.74. The number of hydrogen-bond acceptors (Lipinski definition) is 5. The van der Waals surface area contributed by atoms with Crippen LogP contribution in [0.5, 0.6) is 0 Å². The van der Waals surface area contributed by atoms with Crippen molar-refractivity contribution in [2.45, 2.75) is 51.1 Å². The van der Waals surface area contributed by atoms with Crippen LogP contribution in [0.15, 0.2) is 0 Å². The third-order valence-electron chi connectivity index (χ3n) is 3.36. The smallest absolute Gasteiger partial charge is 0.192 e. The number of ether oxygens (including phenoxy) is 2. The summed E-state index contributed by atoms with van der Waals surface area (Å²) >= 11 is 0. The van der Waals surface area contributed by atoms with Gasteiger partial charge in [0.05, 0.1) is 13.2 Å². The molecule has 0 radical (unpaired) electrons. The van der Waals surface area contributed by atoms with Gasteiger partial charge in [0, 0.05) is 7.11 Å². The van der Waals surface area contributed by atoms with Gasteiger partial charge < -0.3 is 24.1 Å². The van der Waals surface area contributed by atoms with E-state index in [0.29, 0.717) is 0 Å². The minimum absolute atomic E-state index is 0.0376. The third kappa shape index (κ3) is 6.26. The van der Waals surface area contributed by atoms with Gasteiger partial charge in [0.1, 0.15) is 19.0 Å². The quantitative estimate of drug-likeness (QED) is 0.399. The highest BCUT2D eigenvalue weighted by Gasteiger charge is 2.37. The van der Waals surface area contributed by atoms with Crippen molar-refractivity contribution in [2.24, 2.45) is 0 Å². The molecule has 0 spiro atoms. The Labute approximate surface area is 111 Å². The van der Waals surface area contributed by atoms with Crippen LogP contribution in [-0.2, 0) is 13.9 Å². The molecule has 0 aromatic carbocycles. The molecule has 0 aliphatic carbocycles. The molecule has 0 aliphatic rings. The Kier molecular flexibility index (Phi) is 7.58. The molecule has 0 aromatic rings. The first-order valence-corrected chi connectivity index (χ1v) is 9.09. The fourth-order valence-corrected chi connectivity index (χ4v) is 2.01. The first-order valence-electron chi connectivity index (χ1n) is 6.18. The molecule has 6 heteroatoms. The summed E-state index contributed by atoms with van der Waals surface area (Å²) in [7, 11) is -0.385. The lowest BCUT2D eigenvalue weighted by molar-refractivity contribution is -0.0962. The zero-order chi connectivity index (χ0) is 14.4. The Morgan fingerprint density at radius 2 is 1.56 bits per heavy atom. The van der Waals surface area contributed by atoms with Gasteiger partial charge in [-0.05, 0) is 18.1 Å². The molecule has 5 nitrogen and oxygen atoms in total. The molecule has 2 N–H and O–H groups in total. The van der Waals surface area contributed by atoms with Gasteiger partial charge in [-0.3, -0.25) is 0 Å². The summed E-state index contributed by atoms with van der Waals surface area (Å²) in [4.78, 5) is 0. The average Bonchev–Trinajstić information content (AvgIpc) is 2.24. The van der Waals surface area contributed by atoms with Crippen molar-refractivity contribution in [2.75, 3.05) is 27.1 Å². The predicted molar refractivity (Wildman–Crippen MR) is 73.0 cm³/mol. The van der Waals surface area contributed by atoms with E-state index in [1.54, 1.807) is 0 Å². The lowest BCUT2D eigenvalue weighted by Crippen LogP contribution is -2.45. The molecule has 0 bridgehead atoms. The standard InChI is InChI=1S/C12H28O5Si/c1-12(2,3)18(5,6)17-8-11(14)10(13)7-16-9-15-4/h10-11,13-14H,7-9H2,1-6H3/t10-,11-/m0/s1. The molecule has 0 heterocycles. The van der Waals surface area contributed by atoms with Gasteiger partial charge in [-0.15, -0.1) is 0 Å². The molecule has 0 unspecified atom stereocenters. The summed E-state index contributed by atoms with van der Waals surface area (Å²) in [6.45, 7) is 10.9. The van der Waals surface area contributed by atoms with Gasteiger partial charge in [0.2, 0.25) is 0 Å². The van der Waals surface area contributed by atoms with Gasteiger partial charge in [-0.25, -0.2) is 0 Å². The normalized spacial score (nSPS) is 16.7. The summed E-state index contributed by atoms with van der Waals surface area (Å²) in [5.41, 5.74) is 0. The van der Waals surface area contributed by atoms with E-state index >= 15 is 0 Å². The van der Waals surface area contributed by atoms with Crippen molar-refractivity contribution in [1.29, 1.82) is 0 Å². The highest BCUT2D eigenvalue weighted by Crippen LogP contribution is 2.36. The van der Waals surface area contributed by atoms with Crippen LogP contribution in [0.25, 0.3) is 0 Å². The lowest BCUT2D eigenvalue weighted by atomic mass is 10.2. The molecular formula is C12H28O5Si. The Morgan fingerprint density at radius 3 is 2.00 bits per heavy atom. The van der Waals surface area contributed by atoms with Crippen LogP contribution in [0.4, 0.5) is 0 Å². The zero-order valence-electron chi connectivity index (χ0n) is 12.4. The Hall–Kier alpha value is 0.0169. The van der Waals surface area contributed by atoms with E-state index < -0.39 is 20.5 Å². The molecule has 0 rings (SSSR count). The molecule has 0 amide bonds. The number of aliphatic hydroxyl groups excluding tert-OH is 2. The number of rotatable bonds is 8. The Balaban J connectivity index is 4.05. The molecule has 0 saturated heterocycles. The number of methoxy groups -OCH3 is 1. The van der Waals surface area contributed by atoms with E-state index in [9.17, 15) is 10.2 Å². The van der Waals surface area contributed by atoms with Crippen molar-refractivity contribution >= 4 is 8.32 Å². The largest absolute Gasteiger partial charge is 0.414 e. The van der Waals surface area contributed by atoms with Gasteiger partial charge in [-0.2, -0.15) is 0 Å². The van der Waals surface area contributed by atoms with E-state index in [2.05, 4.69) is 33.9 Å². The fourth-order valence-electron chi connectivity index (χ4n) is 0.985. The lowest BCUT2D eigenvalue weighted by Gasteiger charge is -2.37. The molecule has 18 heavy (non-hydrogen) atoms. The molecule has 2 atom stereocenters. The summed E-state index contributed by atoms with van der Waals surface area (Å²) in [6, 6.07) is 0. The second kappa shape index (κ2) is 7.57. The molecule has 0 aliphatic heterocycles. The second-order valence-electron chi connectivity index (χ2n) is 5.98. The SMILES string of the molecule is COCOC[C@H](O)[C@@H](O)CO[Si](C)(C)C(C)(C)C. The molecule has 0 aromatic heterocycles. The van der Waals surface area contributed by atoms with Crippen LogP contribution in [0.2, 0.25) is 18.1 Å². The Bertz CT molecular complexity index is 227. The summed E-state index contributed by atoms with van der Waals surface area (Å²) in [5.74, 6) is 0. The topological polar surface area (TPSA) is 68.2 Å². The fraction of sp³-hybridized carbons (Fsp3) is 1.00. The second-order valence-corrected chi connectivity index (χ2v) is 10.8. The summed E-state index contributed by atoms with van der Waals surface area (Å²) < 4.78 is 15.5. The maximum absolute atomic E-state index is 9.77. The van der Waals surface area contributed by atoms with Crippen LogP contribution in [0, 0.1) is 0 Å². The molecule has 0 saturated carbocycles. The van der Waals surface area contributed by atoms with Gasteiger partial charge in [0.25, 0.3) is 0 Å². The summed E-state index contributed by atoms with van der Waals surface area (Å²) in [5, 5.41) is 19.5. The average molecular weight is 280 g/mol. The van der Waals surface area contributed by atoms with E-state index in [1.807, 2.05) is 0 Å². The number of aliphatic hydroxyl groups is 2. The third-order valence-corrected chi connectivity index (χ3v) is 7.86. The van der Waals surface area contributed by atoms with Gasteiger partial charge >= 0.3 is 0 Å². The van der Waals surface area contributed by atoms with Crippen molar-refractivity contribution in [3.8, 4) is 0 Å². The molecular weight excluding hydrogens is 252 g/mol. The first-order chi connectivity index (χ1) is 8.12. The van der Waals surface area contributed by atoms with Crippen LogP contribution >= 0.6 is 0 Å². The van der Waals surface area contributed by atoms with Crippen LogP contribution in [0.3, 0.4) is 0 Å². The molecule has 110 valence electrons. The van der Waals surface area contributed by atoms with Crippen molar-refractivity contribution in [3.63, 3.8) is 0 Å². The van der Waals surface area contributed by atoms with E-state index in [1.165, 1.54) is 7.11 Å². The van der Waals surface area contributed by atoms with E-state index in [4.69, 9.17) is 13.9 Å². The monoisotopic (exact) mass is 280 g/mol. The van der Waals surface area contributed by atoms with Crippen molar-refractivity contribution in [1.82, 2.24) is 0 Å². The molecule has 0 fully saturated rings. The number of hydrogen-bond donors (Lipinski definition) is 2. The van der Waals surface area contributed by atoms with Crippen LogP contribution in [-0.4, -0.2) is 57.9 Å². The van der Waals surface area contributed by atoms with Crippen molar-refractivity contribution < 1.29 is 24.1 Å². The minimum atomic E-state index is -1.89. The zero-order valence-corrected chi connectivity index (χ0v) is 13.4. The maximum Gasteiger partial charge on any atom is 0.192 e. The Morgan fingerprint density at radius 1 is 1.06 bits per heavy atom. The first kappa shape index (κ1) is 18.0. The maximum atomic E-state index is 9.77. The van der Waals surface area contributed by atoms with E-state index in [0.717, 1.165) is 0 Å². The summed E-state index contributed by atoms with van der Waals surface area (Å²) in [6.07, 6.45) is -1.89. The predicted octanol–water partition coefficient (Wildman–Crippen LogP) is 1.35. The highest BCUT2D eigenvalue weighted by atomic mass is 28.4. The van der Waals surface area contributed by atoms with Gasteiger partial charge in [0.15, 0.2) is 8.32 Å². The van der Waals surface area contributed by atoms with Crippen LogP contribution in [0.1, 0.15) is 20.8 Å².